The SMILES string of the molecule is Nc1ccc(C[C@H](N=Nc2[nH+]c(-c3ccc(Cl)c(Cl)c3)cs2)C(=O)O)cc1[N+](=O)[O-]. The molecule has 2 aromatic carbocycles. The van der Waals surface area contributed by atoms with Crippen LogP contribution < -0.4 is 10.7 Å². The van der Waals surface area contributed by atoms with E-state index in [9.17, 15) is 20.0 Å². The molecule has 0 radical (unpaired) electrons. The summed E-state index contributed by atoms with van der Waals surface area (Å²) in [7, 11) is 0. The first-order valence-corrected chi connectivity index (χ1v) is 10.0. The molecule has 30 heavy (non-hydrogen) atoms. The molecule has 154 valence electrons. The smallest absolute Gasteiger partial charge is 0.406 e. The molecule has 3 aromatic rings. The predicted molar refractivity (Wildman–Crippen MR) is 113 cm³/mol. The Morgan fingerprint density at radius 3 is 2.70 bits per heavy atom. The van der Waals surface area contributed by atoms with Crippen molar-refractivity contribution in [3.63, 3.8) is 0 Å². The van der Waals surface area contributed by atoms with Crippen LogP contribution in [0.4, 0.5) is 16.5 Å². The number of anilines is 1. The summed E-state index contributed by atoms with van der Waals surface area (Å²) in [6.07, 6.45) is -0.0784. The van der Waals surface area contributed by atoms with Gasteiger partial charge in [-0.25, -0.2) is 9.78 Å². The number of nitrogens with two attached hydrogens (primary N) is 1. The monoisotopic (exact) mass is 466 g/mol. The highest BCUT2D eigenvalue weighted by molar-refractivity contribution is 7.13. The number of aromatic nitrogens is 1. The lowest BCUT2D eigenvalue weighted by Crippen LogP contribution is -2.20. The molecule has 0 spiro atoms. The van der Waals surface area contributed by atoms with Gasteiger partial charge in [-0.1, -0.05) is 34.4 Å². The number of nitro groups is 1. The Morgan fingerprint density at radius 1 is 1.27 bits per heavy atom. The number of hydrogen-bond acceptors (Lipinski definition) is 7. The molecule has 0 aliphatic rings. The second-order valence-electron chi connectivity index (χ2n) is 6.13. The molecule has 0 bridgehead atoms. The van der Waals surface area contributed by atoms with Crippen LogP contribution in [0, 0.1) is 10.1 Å². The fourth-order valence-corrected chi connectivity index (χ4v) is 3.52. The van der Waals surface area contributed by atoms with Crippen molar-refractivity contribution < 1.29 is 19.8 Å². The first kappa shape index (κ1) is 21.6. The molecule has 1 aromatic heterocycles. The molecule has 9 nitrogen and oxygen atoms in total. The summed E-state index contributed by atoms with van der Waals surface area (Å²) >= 11 is 13.2. The van der Waals surface area contributed by atoms with Gasteiger partial charge in [0, 0.05) is 23.4 Å². The van der Waals surface area contributed by atoms with E-state index in [4.69, 9.17) is 28.9 Å². The van der Waals surface area contributed by atoms with Gasteiger partial charge >= 0.3 is 11.1 Å². The number of aliphatic carboxylic acids is 1. The molecule has 0 amide bonds. The summed E-state index contributed by atoms with van der Waals surface area (Å²) in [5.74, 6) is -1.21. The largest absolute Gasteiger partial charge is 0.480 e. The zero-order chi connectivity index (χ0) is 21.8. The maximum Gasteiger partial charge on any atom is 0.406 e. The van der Waals surface area contributed by atoms with Crippen molar-refractivity contribution in [1.29, 1.82) is 0 Å². The first-order chi connectivity index (χ1) is 14.2. The van der Waals surface area contributed by atoms with Crippen molar-refractivity contribution in [3.05, 3.63) is 67.5 Å². The standard InChI is InChI=1S/C18H13Cl2N5O4S/c19-11-3-2-10(7-12(11)20)15-8-30-18(22-15)24-23-14(17(26)27)5-9-1-4-13(21)16(6-9)25(28)29/h1-4,6-8,14H,5,21H2,(H,26,27)/p+1/t14-/m0/s1. The highest BCUT2D eigenvalue weighted by Crippen LogP contribution is 2.29. The average molecular weight is 467 g/mol. The lowest BCUT2D eigenvalue weighted by atomic mass is 10.1. The molecular formula is C18H14Cl2N5O4S+. The second kappa shape index (κ2) is 9.16. The summed E-state index contributed by atoms with van der Waals surface area (Å²) in [6.45, 7) is 0. The molecule has 0 aliphatic carbocycles. The van der Waals surface area contributed by atoms with Crippen molar-refractivity contribution in [2.75, 3.05) is 5.73 Å². The summed E-state index contributed by atoms with van der Waals surface area (Å²) in [5.41, 5.74) is 7.19. The van der Waals surface area contributed by atoms with E-state index in [1.807, 2.05) is 0 Å². The maximum absolute atomic E-state index is 11.6. The first-order valence-electron chi connectivity index (χ1n) is 8.37. The number of halogens is 2. The lowest BCUT2D eigenvalue weighted by molar-refractivity contribution is -0.384. The number of rotatable bonds is 7. The van der Waals surface area contributed by atoms with Crippen LogP contribution in [0.1, 0.15) is 5.56 Å². The van der Waals surface area contributed by atoms with Gasteiger partial charge in [-0.05, 0) is 41.2 Å². The number of nitrogens with zero attached hydrogens (tertiary/aromatic N) is 3. The molecule has 12 heteroatoms. The van der Waals surface area contributed by atoms with Gasteiger partial charge in [0.1, 0.15) is 11.4 Å². The van der Waals surface area contributed by atoms with Gasteiger partial charge in [-0.2, -0.15) is 0 Å². The van der Waals surface area contributed by atoms with Crippen LogP contribution in [0.25, 0.3) is 11.3 Å². The van der Waals surface area contributed by atoms with Gasteiger partial charge in [0.25, 0.3) is 5.69 Å². The number of aromatic amines is 1. The number of azo groups is 1. The molecule has 0 fully saturated rings. The predicted octanol–water partition coefficient (Wildman–Crippen LogP) is 4.81. The van der Waals surface area contributed by atoms with Crippen molar-refractivity contribution in [3.8, 4) is 11.3 Å². The topological polar surface area (TPSA) is 145 Å². The quantitative estimate of drug-likeness (QED) is 0.222. The summed E-state index contributed by atoms with van der Waals surface area (Å²) in [5, 5.41) is 31.3. The summed E-state index contributed by atoms with van der Waals surface area (Å²) < 4.78 is 0. The average Bonchev–Trinajstić information content (AvgIpc) is 3.17. The van der Waals surface area contributed by atoms with E-state index < -0.39 is 16.9 Å². The van der Waals surface area contributed by atoms with Crippen LogP contribution in [0.15, 0.2) is 52.0 Å². The Kier molecular flexibility index (Phi) is 6.60. The Morgan fingerprint density at radius 2 is 2.03 bits per heavy atom. The number of benzene rings is 2. The number of nitrogens with one attached hydrogen (secondary N) is 1. The van der Waals surface area contributed by atoms with Crippen LogP contribution in [-0.2, 0) is 11.2 Å². The Bertz CT molecular complexity index is 1150. The van der Waals surface area contributed by atoms with Crippen molar-refractivity contribution in [2.24, 2.45) is 10.2 Å². The van der Waals surface area contributed by atoms with Crippen LogP contribution in [-0.4, -0.2) is 22.0 Å². The second-order valence-corrected chi connectivity index (χ2v) is 7.80. The molecule has 0 unspecified atom stereocenters. The minimum atomic E-state index is -1.22. The van der Waals surface area contributed by atoms with Gasteiger partial charge < -0.3 is 10.8 Å². The van der Waals surface area contributed by atoms with Gasteiger partial charge in [-0.15, -0.1) is 0 Å². The van der Waals surface area contributed by atoms with Gasteiger partial charge in [0.2, 0.25) is 0 Å². The number of carboxylic acid groups (broad SMARTS) is 1. The van der Waals surface area contributed by atoms with Gasteiger partial charge in [0.05, 0.1) is 20.1 Å². The lowest BCUT2D eigenvalue weighted by Gasteiger charge is -2.05. The van der Waals surface area contributed by atoms with E-state index >= 15 is 0 Å². The zero-order valence-corrected chi connectivity index (χ0v) is 17.4. The number of H-pyrrole nitrogens is 1. The molecule has 4 N–H and O–H groups in total. The van der Waals surface area contributed by atoms with Crippen LogP contribution in [0.3, 0.4) is 0 Å². The van der Waals surface area contributed by atoms with Gasteiger partial charge in [-0.3, -0.25) is 10.1 Å². The van der Waals surface area contributed by atoms with E-state index in [-0.39, 0.29) is 17.8 Å². The fraction of sp³-hybridized carbons (Fsp3) is 0.111. The molecule has 1 heterocycles. The minimum absolute atomic E-state index is 0.000249. The number of carboxylic acids is 1. The van der Waals surface area contributed by atoms with Crippen molar-refractivity contribution in [1.82, 2.24) is 0 Å². The third-order valence-electron chi connectivity index (χ3n) is 4.05. The summed E-state index contributed by atoms with van der Waals surface area (Å²) in [4.78, 5) is 25.0. The fourth-order valence-electron chi connectivity index (χ4n) is 2.54. The molecule has 0 aliphatic heterocycles. The van der Waals surface area contributed by atoms with Crippen LogP contribution in [0.2, 0.25) is 10.0 Å². The molecular weight excluding hydrogens is 453 g/mol. The highest BCUT2D eigenvalue weighted by atomic mass is 35.5. The van der Waals surface area contributed by atoms with E-state index in [1.165, 1.54) is 29.5 Å². The van der Waals surface area contributed by atoms with Crippen molar-refractivity contribution >= 4 is 57.0 Å². The van der Waals surface area contributed by atoms with Gasteiger partial charge in [0.15, 0.2) is 6.04 Å². The summed E-state index contributed by atoms with van der Waals surface area (Å²) in [6, 6.07) is 8.03. The highest BCUT2D eigenvalue weighted by Gasteiger charge is 2.23. The minimum Gasteiger partial charge on any atom is -0.480 e. The molecule has 0 saturated heterocycles. The number of hydrogen-bond donors (Lipinski definition) is 2. The number of nitro benzene ring substituents is 1. The zero-order valence-electron chi connectivity index (χ0n) is 15.1. The molecule has 0 saturated carbocycles. The normalized spacial score (nSPS) is 12.2. The Hall–Kier alpha value is -3.08. The van der Waals surface area contributed by atoms with E-state index in [2.05, 4.69) is 15.2 Å². The number of thiazole rings is 1. The van der Waals surface area contributed by atoms with Crippen LogP contribution in [0.5, 0.6) is 0 Å². The van der Waals surface area contributed by atoms with E-state index in [0.29, 0.717) is 26.4 Å². The third-order valence-corrected chi connectivity index (χ3v) is 5.55. The number of nitrogen functional groups attached to an aromatic ring is 1. The Labute approximate surface area is 184 Å². The Balaban J connectivity index is 1.78. The maximum atomic E-state index is 11.6. The van der Waals surface area contributed by atoms with E-state index in [1.54, 1.807) is 23.6 Å². The number of carbonyl (C=O) groups is 1. The molecule has 1 atom stereocenters. The van der Waals surface area contributed by atoms with E-state index in [0.717, 1.165) is 5.56 Å². The van der Waals surface area contributed by atoms with Crippen LogP contribution >= 0.6 is 34.5 Å². The third kappa shape index (κ3) is 5.09. The molecule has 3 rings (SSSR count). The van der Waals surface area contributed by atoms with Crippen molar-refractivity contribution in [2.45, 2.75) is 12.5 Å².